The molecule has 1 aliphatic heterocycles. The summed E-state index contributed by atoms with van der Waals surface area (Å²) in [4.78, 5) is 16.2. The summed E-state index contributed by atoms with van der Waals surface area (Å²) in [5.74, 6) is 1.58. The molecule has 2 aromatic carbocycles. The largest absolute Gasteiger partial charge is 0.497 e. The van der Waals surface area contributed by atoms with Crippen molar-refractivity contribution >= 4 is 5.91 Å². The maximum absolute atomic E-state index is 12.7. The molecule has 0 radical (unpaired) electrons. The molecule has 0 bridgehead atoms. The van der Waals surface area contributed by atoms with Gasteiger partial charge in [0.15, 0.2) is 0 Å². The maximum Gasteiger partial charge on any atom is 0.258 e. The zero-order valence-electron chi connectivity index (χ0n) is 14.8. The highest BCUT2D eigenvalue weighted by Crippen LogP contribution is 2.19. The summed E-state index contributed by atoms with van der Waals surface area (Å²) in [7, 11) is 3.29. The molecular formula is C20H25N2O3+. The van der Waals surface area contributed by atoms with E-state index in [0.717, 1.165) is 38.5 Å². The summed E-state index contributed by atoms with van der Waals surface area (Å²) in [6, 6.07) is 15.6. The average molecular weight is 341 g/mol. The number of para-hydroxylation sites is 1. The second kappa shape index (κ2) is 8.03. The number of hydrogen-bond acceptors (Lipinski definition) is 3. The third-order valence-corrected chi connectivity index (χ3v) is 4.68. The molecule has 1 heterocycles. The molecule has 0 aliphatic carbocycles. The van der Waals surface area contributed by atoms with E-state index in [1.54, 1.807) is 14.2 Å². The van der Waals surface area contributed by atoms with Crippen molar-refractivity contribution in [3.05, 3.63) is 59.7 Å². The van der Waals surface area contributed by atoms with Crippen molar-refractivity contribution in [3.63, 3.8) is 0 Å². The highest BCUT2D eigenvalue weighted by atomic mass is 16.5. The molecule has 0 atom stereocenters. The van der Waals surface area contributed by atoms with Gasteiger partial charge < -0.3 is 19.3 Å². The van der Waals surface area contributed by atoms with Crippen LogP contribution in [0.4, 0.5) is 0 Å². The third-order valence-electron chi connectivity index (χ3n) is 4.68. The SMILES string of the molecule is COc1cccc(C[NH+]2CCN(C(=O)c3ccccc3OC)CC2)c1. The first-order valence-electron chi connectivity index (χ1n) is 8.60. The molecule has 25 heavy (non-hydrogen) atoms. The molecule has 132 valence electrons. The van der Waals surface area contributed by atoms with Crippen molar-refractivity contribution in [2.45, 2.75) is 6.54 Å². The zero-order valence-corrected chi connectivity index (χ0v) is 14.8. The Labute approximate surface area is 148 Å². The molecule has 5 nitrogen and oxygen atoms in total. The number of amides is 1. The fourth-order valence-corrected chi connectivity index (χ4v) is 3.27. The smallest absolute Gasteiger partial charge is 0.258 e. The van der Waals surface area contributed by atoms with Crippen LogP contribution >= 0.6 is 0 Å². The van der Waals surface area contributed by atoms with Crippen molar-refractivity contribution in [2.24, 2.45) is 0 Å². The van der Waals surface area contributed by atoms with Crippen LogP contribution in [0.5, 0.6) is 11.5 Å². The normalized spacial score (nSPS) is 15.0. The molecule has 5 heteroatoms. The molecule has 1 N–H and O–H groups in total. The standard InChI is InChI=1S/C20H24N2O3/c1-24-17-7-5-6-16(14-17)15-21-10-12-22(13-11-21)20(23)18-8-3-4-9-19(18)25-2/h3-9,14H,10-13,15H2,1-2H3/p+1. The summed E-state index contributed by atoms with van der Waals surface area (Å²) < 4.78 is 10.6. The van der Waals surface area contributed by atoms with Crippen LogP contribution in [0.3, 0.4) is 0 Å². The van der Waals surface area contributed by atoms with E-state index in [1.165, 1.54) is 10.5 Å². The van der Waals surface area contributed by atoms with Crippen molar-refractivity contribution in [2.75, 3.05) is 40.4 Å². The molecular weight excluding hydrogens is 316 g/mol. The minimum atomic E-state index is 0.0536. The van der Waals surface area contributed by atoms with Gasteiger partial charge in [-0.15, -0.1) is 0 Å². The average Bonchev–Trinajstić information content (AvgIpc) is 2.68. The molecule has 1 amide bonds. The topological polar surface area (TPSA) is 43.2 Å². The number of ether oxygens (including phenoxy) is 2. The van der Waals surface area contributed by atoms with E-state index in [0.29, 0.717) is 11.3 Å². The summed E-state index contributed by atoms with van der Waals surface area (Å²) in [6.07, 6.45) is 0. The number of piperazine rings is 1. The Hall–Kier alpha value is -2.53. The summed E-state index contributed by atoms with van der Waals surface area (Å²) in [5, 5.41) is 0. The van der Waals surface area contributed by atoms with Crippen LogP contribution in [0.15, 0.2) is 48.5 Å². The lowest BCUT2D eigenvalue weighted by Gasteiger charge is -2.32. The van der Waals surface area contributed by atoms with Crippen molar-refractivity contribution in [1.29, 1.82) is 0 Å². The van der Waals surface area contributed by atoms with E-state index in [2.05, 4.69) is 12.1 Å². The van der Waals surface area contributed by atoms with Crippen LogP contribution in [0.25, 0.3) is 0 Å². The Morgan fingerprint density at radius 3 is 2.52 bits per heavy atom. The van der Waals surface area contributed by atoms with E-state index in [-0.39, 0.29) is 5.91 Å². The van der Waals surface area contributed by atoms with Gasteiger partial charge in [0.1, 0.15) is 18.0 Å². The van der Waals surface area contributed by atoms with Gasteiger partial charge in [-0.05, 0) is 24.3 Å². The van der Waals surface area contributed by atoms with Crippen LogP contribution in [0.1, 0.15) is 15.9 Å². The monoisotopic (exact) mass is 341 g/mol. The van der Waals surface area contributed by atoms with Crippen LogP contribution in [-0.4, -0.2) is 51.2 Å². The van der Waals surface area contributed by atoms with Gasteiger partial charge in [-0.1, -0.05) is 24.3 Å². The van der Waals surface area contributed by atoms with E-state index < -0.39 is 0 Å². The van der Waals surface area contributed by atoms with E-state index in [9.17, 15) is 4.79 Å². The van der Waals surface area contributed by atoms with Crippen molar-refractivity contribution in [3.8, 4) is 11.5 Å². The van der Waals surface area contributed by atoms with Crippen LogP contribution in [0.2, 0.25) is 0 Å². The van der Waals surface area contributed by atoms with Crippen molar-refractivity contribution in [1.82, 2.24) is 4.90 Å². The molecule has 3 rings (SSSR count). The number of quaternary nitrogens is 1. The second-order valence-electron chi connectivity index (χ2n) is 6.27. The molecule has 0 saturated carbocycles. The van der Waals surface area contributed by atoms with Gasteiger partial charge in [-0.3, -0.25) is 4.79 Å². The number of hydrogen-bond donors (Lipinski definition) is 1. The quantitative estimate of drug-likeness (QED) is 0.890. The first-order chi connectivity index (χ1) is 12.2. The van der Waals surface area contributed by atoms with E-state index in [1.807, 2.05) is 41.3 Å². The summed E-state index contributed by atoms with van der Waals surface area (Å²) in [5.41, 5.74) is 1.90. The molecule has 1 fully saturated rings. The summed E-state index contributed by atoms with van der Waals surface area (Å²) in [6.45, 7) is 4.36. The van der Waals surface area contributed by atoms with E-state index in [4.69, 9.17) is 9.47 Å². The molecule has 0 aromatic heterocycles. The second-order valence-corrected chi connectivity index (χ2v) is 6.27. The Kier molecular flexibility index (Phi) is 5.56. The van der Waals surface area contributed by atoms with Gasteiger partial charge in [-0.25, -0.2) is 0 Å². The van der Waals surface area contributed by atoms with Gasteiger partial charge in [-0.2, -0.15) is 0 Å². The van der Waals surface area contributed by atoms with Gasteiger partial charge in [0, 0.05) is 5.56 Å². The maximum atomic E-state index is 12.7. The predicted octanol–water partition coefficient (Wildman–Crippen LogP) is 1.24. The Morgan fingerprint density at radius 1 is 1.04 bits per heavy atom. The highest BCUT2D eigenvalue weighted by molar-refractivity contribution is 5.97. The minimum Gasteiger partial charge on any atom is -0.497 e. The number of carbonyl (C=O) groups is 1. The number of rotatable bonds is 5. The van der Waals surface area contributed by atoms with E-state index >= 15 is 0 Å². The number of carbonyl (C=O) groups excluding carboxylic acids is 1. The fraction of sp³-hybridized carbons (Fsp3) is 0.350. The van der Waals surface area contributed by atoms with Crippen LogP contribution in [0, 0.1) is 0 Å². The third kappa shape index (κ3) is 4.12. The number of nitrogens with one attached hydrogen (secondary N) is 1. The molecule has 2 aromatic rings. The lowest BCUT2D eigenvalue weighted by atomic mass is 10.1. The Bertz CT molecular complexity index is 724. The predicted molar refractivity (Wildman–Crippen MR) is 96.3 cm³/mol. The van der Waals surface area contributed by atoms with Gasteiger partial charge in [0.25, 0.3) is 5.91 Å². The first kappa shape index (κ1) is 17.3. The van der Waals surface area contributed by atoms with Gasteiger partial charge >= 0.3 is 0 Å². The Balaban J connectivity index is 1.59. The summed E-state index contributed by atoms with van der Waals surface area (Å²) >= 11 is 0. The van der Waals surface area contributed by atoms with Crippen LogP contribution in [-0.2, 0) is 6.54 Å². The Morgan fingerprint density at radius 2 is 1.80 bits per heavy atom. The molecule has 0 unspecified atom stereocenters. The lowest BCUT2D eigenvalue weighted by molar-refractivity contribution is -0.917. The number of nitrogens with zero attached hydrogens (tertiary/aromatic N) is 1. The number of benzene rings is 2. The first-order valence-corrected chi connectivity index (χ1v) is 8.60. The molecule has 1 saturated heterocycles. The fourth-order valence-electron chi connectivity index (χ4n) is 3.27. The van der Waals surface area contributed by atoms with Gasteiger partial charge in [0.2, 0.25) is 0 Å². The number of methoxy groups -OCH3 is 2. The van der Waals surface area contributed by atoms with Crippen LogP contribution < -0.4 is 14.4 Å². The molecule has 1 aliphatic rings. The van der Waals surface area contributed by atoms with Gasteiger partial charge in [0.05, 0.1) is 46.0 Å². The van der Waals surface area contributed by atoms with Crippen molar-refractivity contribution < 1.29 is 19.2 Å². The highest BCUT2D eigenvalue weighted by Gasteiger charge is 2.26. The lowest BCUT2D eigenvalue weighted by Crippen LogP contribution is -3.13. The zero-order chi connectivity index (χ0) is 17.6. The molecule has 0 spiro atoms. The minimum absolute atomic E-state index is 0.0536.